The number of piperidine rings is 1. The summed E-state index contributed by atoms with van der Waals surface area (Å²) in [5.41, 5.74) is 0.676. The fourth-order valence-electron chi connectivity index (χ4n) is 2.58. The van der Waals surface area contributed by atoms with E-state index in [-0.39, 0.29) is 16.8 Å². The molecule has 0 aliphatic carbocycles. The number of esters is 1. The van der Waals surface area contributed by atoms with Crippen molar-refractivity contribution in [2.24, 2.45) is 5.92 Å². The number of ether oxygens (including phenoxy) is 1. The predicted molar refractivity (Wildman–Crippen MR) is 79.6 cm³/mol. The van der Waals surface area contributed by atoms with E-state index in [0.717, 1.165) is 0 Å². The monoisotopic (exact) mass is 312 g/mol. The molecular formula is C14H20N2O4S. The summed E-state index contributed by atoms with van der Waals surface area (Å²) in [6.07, 6.45) is 1.33. The molecule has 1 aliphatic rings. The van der Waals surface area contributed by atoms with Gasteiger partial charge in [0.1, 0.15) is 4.90 Å². The molecule has 1 heterocycles. The van der Waals surface area contributed by atoms with Crippen molar-refractivity contribution < 1.29 is 17.9 Å². The Morgan fingerprint density at radius 2 is 1.90 bits per heavy atom. The second-order valence-corrected chi connectivity index (χ2v) is 6.81. The first-order valence-electron chi connectivity index (χ1n) is 6.85. The molecule has 1 aromatic rings. The summed E-state index contributed by atoms with van der Waals surface area (Å²) >= 11 is 0. The van der Waals surface area contributed by atoms with Gasteiger partial charge in [-0.1, -0.05) is 12.1 Å². The van der Waals surface area contributed by atoms with Crippen LogP contribution in [0.5, 0.6) is 0 Å². The zero-order valence-electron chi connectivity index (χ0n) is 12.2. The van der Waals surface area contributed by atoms with Crippen LogP contribution in [0, 0.1) is 5.92 Å². The average molecular weight is 312 g/mol. The lowest BCUT2D eigenvalue weighted by molar-refractivity contribution is -0.146. The van der Waals surface area contributed by atoms with E-state index < -0.39 is 10.0 Å². The summed E-state index contributed by atoms with van der Waals surface area (Å²) in [6, 6.07) is 6.90. The van der Waals surface area contributed by atoms with Gasteiger partial charge in [-0.3, -0.25) is 4.79 Å². The molecular weight excluding hydrogens is 292 g/mol. The van der Waals surface area contributed by atoms with E-state index in [4.69, 9.17) is 4.74 Å². The molecule has 116 valence electrons. The van der Waals surface area contributed by atoms with E-state index in [2.05, 4.69) is 4.72 Å². The fourth-order valence-corrected chi connectivity index (χ4v) is 3.53. The van der Waals surface area contributed by atoms with Crippen LogP contribution in [0.3, 0.4) is 0 Å². The Morgan fingerprint density at radius 1 is 1.29 bits per heavy atom. The van der Waals surface area contributed by atoms with Crippen LogP contribution in [-0.2, 0) is 19.6 Å². The van der Waals surface area contributed by atoms with Gasteiger partial charge < -0.3 is 9.64 Å². The van der Waals surface area contributed by atoms with Crippen molar-refractivity contribution >= 4 is 21.7 Å². The number of benzene rings is 1. The van der Waals surface area contributed by atoms with Gasteiger partial charge in [-0.15, -0.1) is 0 Å². The average Bonchev–Trinajstić information content (AvgIpc) is 2.54. The van der Waals surface area contributed by atoms with Crippen molar-refractivity contribution in [2.45, 2.75) is 17.7 Å². The Labute approximate surface area is 125 Å². The van der Waals surface area contributed by atoms with Crippen LogP contribution >= 0.6 is 0 Å². The van der Waals surface area contributed by atoms with Gasteiger partial charge in [0.25, 0.3) is 0 Å². The van der Waals surface area contributed by atoms with Gasteiger partial charge in [-0.2, -0.15) is 0 Å². The van der Waals surface area contributed by atoms with Gasteiger partial charge >= 0.3 is 5.97 Å². The number of carbonyl (C=O) groups is 1. The van der Waals surface area contributed by atoms with Crippen LogP contribution in [0.4, 0.5) is 5.69 Å². The highest BCUT2D eigenvalue weighted by Gasteiger charge is 2.28. The number of sulfonamides is 1. The summed E-state index contributed by atoms with van der Waals surface area (Å²) in [5, 5.41) is 0. The maximum Gasteiger partial charge on any atom is 0.308 e. The Kier molecular flexibility index (Phi) is 4.84. The third kappa shape index (κ3) is 3.36. The van der Waals surface area contributed by atoms with Gasteiger partial charge in [-0.25, -0.2) is 13.1 Å². The van der Waals surface area contributed by atoms with Crippen molar-refractivity contribution in [3.63, 3.8) is 0 Å². The third-order valence-electron chi connectivity index (χ3n) is 3.79. The molecule has 6 nitrogen and oxygen atoms in total. The lowest BCUT2D eigenvalue weighted by Crippen LogP contribution is -2.37. The SMILES string of the molecule is CNS(=O)(=O)c1ccccc1N1CCC(C(=O)OC)CC1. The molecule has 1 saturated heterocycles. The molecule has 0 saturated carbocycles. The molecule has 0 amide bonds. The molecule has 1 aromatic carbocycles. The molecule has 0 radical (unpaired) electrons. The summed E-state index contributed by atoms with van der Waals surface area (Å²) in [5.74, 6) is -0.287. The lowest BCUT2D eigenvalue weighted by atomic mass is 9.96. The number of rotatable bonds is 4. The molecule has 2 rings (SSSR count). The molecule has 0 unspecified atom stereocenters. The smallest absolute Gasteiger partial charge is 0.308 e. The number of carbonyl (C=O) groups excluding carboxylic acids is 1. The van der Waals surface area contributed by atoms with Gasteiger partial charge in [-0.05, 0) is 32.0 Å². The molecule has 0 bridgehead atoms. The number of hydrogen-bond donors (Lipinski definition) is 1. The van der Waals surface area contributed by atoms with Gasteiger partial charge in [0, 0.05) is 13.1 Å². The largest absolute Gasteiger partial charge is 0.469 e. The summed E-state index contributed by atoms with van der Waals surface area (Å²) in [7, 11) is -0.705. The summed E-state index contributed by atoms with van der Waals surface area (Å²) in [6.45, 7) is 1.27. The third-order valence-corrected chi connectivity index (χ3v) is 5.26. The first kappa shape index (κ1) is 15.8. The van der Waals surface area contributed by atoms with E-state index in [9.17, 15) is 13.2 Å². The van der Waals surface area contributed by atoms with Crippen molar-refractivity contribution in [1.29, 1.82) is 0 Å². The van der Waals surface area contributed by atoms with Crippen LogP contribution in [0.1, 0.15) is 12.8 Å². The molecule has 21 heavy (non-hydrogen) atoms. The van der Waals surface area contributed by atoms with E-state index in [1.807, 2.05) is 11.0 Å². The van der Waals surface area contributed by atoms with Crippen LogP contribution < -0.4 is 9.62 Å². The molecule has 0 aromatic heterocycles. The quantitative estimate of drug-likeness (QED) is 0.839. The highest BCUT2D eigenvalue weighted by atomic mass is 32.2. The highest BCUT2D eigenvalue weighted by molar-refractivity contribution is 7.89. The van der Waals surface area contributed by atoms with E-state index >= 15 is 0 Å². The van der Waals surface area contributed by atoms with Gasteiger partial charge in [0.15, 0.2) is 0 Å². The molecule has 1 N–H and O–H groups in total. The molecule has 1 aliphatic heterocycles. The Hall–Kier alpha value is -1.60. The Balaban J connectivity index is 2.20. The normalized spacial score (nSPS) is 16.8. The number of nitrogens with one attached hydrogen (secondary N) is 1. The number of para-hydroxylation sites is 1. The maximum absolute atomic E-state index is 12.1. The molecule has 1 fully saturated rings. The lowest BCUT2D eigenvalue weighted by Gasteiger charge is -2.33. The zero-order chi connectivity index (χ0) is 15.5. The van der Waals surface area contributed by atoms with Crippen LogP contribution in [-0.4, -0.2) is 41.6 Å². The first-order valence-corrected chi connectivity index (χ1v) is 8.33. The van der Waals surface area contributed by atoms with Crippen molar-refractivity contribution in [3.05, 3.63) is 24.3 Å². The van der Waals surface area contributed by atoms with E-state index in [0.29, 0.717) is 31.6 Å². The molecule has 7 heteroatoms. The standard InChI is InChI=1S/C14H20N2O4S/c1-15-21(18,19)13-6-4-3-5-12(13)16-9-7-11(8-10-16)14(17)20-2/h3-6,11,15H,7-10H2,1-2H3. The molecule has 0 spiro atoms. The number of hydrogen-bond acceptors (Lipinski definition) is 5. The Morgan fingerprint density at radius 3 is 2.48 bits per heavy atom. The number of anilines is 1. The van der Waals surface area contributed by atoms with Crippen molar-refractivity contribution in [3.8, 4) is 0 Å². The van der Waals surface area contributed by atoms with Crippen molar-refractivity contribution in [2.75, 3.05) is 32.1 Å². The first-order chi connectivity index (χ1) is 9.99. The summed E-state index contributed by atoms with van der Waals surface area (Å²) < 4.78 is 31.3. The summed E-state index contributed by atoms with van der Waals surface area (Å²) in [4.78, 5) is 13.8. The predicted octanol–water partition coefficient (Wildman–Crippen LogP) is 0.984. The Bertz CT molecular complexity index is 607. The maximum atomic E-state index is 12.1. The topological polar surface area (TPSA) is 75.7 Å². The highest BCUT2D eigenvalue weighted by Crippen LogP contribution is 2.29. The minimum Gasteiger partial charge on any atom is -0.469 e. The second kappa shape index (κ2) is 6.44. The van der Waals surface area contributed by atoms with E-state index in [1.54, 1.807) is 18.2 Å². The van der Waals surface area contributed by atoms with Gasteiger partial charge in [0.2, 0.25) is 10.0 Å². The van der Waals surface area contributed by atoms with Crippen LogP contribution in [0.2, 0.25) is 0 Å². The van der Waals surface area contributed by atoms with Gasteiger partial charge in [0.05, 0.1) is 18.7 Å². The van der Waals surface area contributed by atoms with Crippen LogP contribution in [0.15, 0.2) is 29.2 Å². The zero-order valence-corrected chi connectivity index (χ0v) is 13.0. The minimum atomic E-state index is -3.50. The molecule has 0 atom stereocenters. The van der Waals surface area contributed by atoms with Crippen molar-refractivity contribution in [1.82, 2.24) is 4.72 Å². The minimum absolute atomic E-state index is 0.0979. The fraction of sp³-hybridized carbons (Fsp3) is 0.500. The number of nitrogens with zero attached hydrogens (tertiary/aromatic N) is 1. The van der Waals surface area contributed by atoms with Crippen LogP contribution in [0.25, 0.3) is 0 Å². The number of methoxy groups -OCH3 is 1. The van der Waals surface area contributed by atoms with E-state index in [1.165, 1.54) is 14.2 Å². The second-order valence-electron chi connectivity index (χ2n) is 4.96.